The van der Waals surface area contributed by atoms with Crippen LogP contribution in [0.5, 0.6) is 0 Å². The molecule has 1 amide bonds. The van der Waals surface area contributed by atoms with Gasteiger partial charge in [-0.05, 0) is 50.5 Å². The van der Waals surface area contributed by atoms with Gasteiger partial charge in [-0.1, -0.05) is 33.8 Å². The molecule has 0 saturated heterocycles. The molecule has 9 heteroatoms. The summed E-state index contributed by atoms with van der Waals surface area (Å²) in [6, 6.07) is -0.753. The highest BCUT2D eigenvalue weighted by Gasteiger charge is 2.52. The summed E-state index contributed by atoms with van der Waals surface area (Å²) < 4.78 is 5.43. The van der Waals surface area contributed by atoms with Gasteiger partial charge in [-0.25, -0.2) is 9.59 Å². The lowest BCUT2D eigenvalue weighted by Crippen LogP contribution is -2.53. The second kappa shape index (κ2) is 11.5. The zero-order valence-electron chi connectivity index (χ0n) is 18.2. The molecular formula is C20H38N4O5. The van der Waals surface area contributed by atoms with E-state index in [1.807, 2.05) is 13.8 Å². The molecular weight excluding hydrogens is 376 g/mol. The fourth-order valence-corrected chi connectivity index (χ4v) is 4.09. The molecule has 0 fully saturated rings. The summed E-state index contributed by atoms with van der Waals surface area (Å²) >= 11 is 0. The molecule has 1 aliphatic heterocycles. The van der Waals surface area contributed by atoms with Crippen LogP contribution in [-0.2, 0) is 14.4 Å². The van der Waals surface area contributed by atoms with Crippen LogP contribution in [0, 0.1) is 0 Å². The number of hydroxylamine groups is 2. The van der Waals surface area contributed by atoms with Gasteiger partial charge in [0.25, 0.3) is 0 Å². The monoisotopic (exact) mass is 414 g/mol. The van der Waals surface area contributed by atoms with E-state index in [0.29, 0.717) is 25.8 Å². The Hall–Kier alpha value is -1.68. The second-order valence-electron chi connectivity index (χ2n) is 7.57. The van der Waals surface area contributed by atoms with Crippen LogP contribution in [0.1, 0.15) is 72.6 Å². The number of hydrogen-bond acceptors (Lipinski definition) is 8. The Bertz CT molecular complexity index is 573. The molecule has 6 N–H and O–H groups in total. The zero-order chi connectivity index (χ0) is 22.1. The summed E-state index contributed by atoms with van der Waals surface area (Å²) in [7, 11) is 0. The van der Waals surface area contributed by atoms with Crippen LogP contribution in [0.15, 0.2) is 11.6 Å². The van der Waals surface area contributed by atoms with Gasteiger partial charge >= 0.3 is 12.1 Å². The molecule has 0 saturated carbocycles. The highest BCUT2D eigenvalue weighted by Crippen LogP contribution is 2.46. The van der Waals surface area contributed by atoms with Gasteiger partial charge in [0, 0.05) is 6.54 Å². The molecule has 1 aliphatic rings. The van der Waals surface area contributed by atoms with Crippen LogP contribution in [0.4, 0.5) is 4.79 Å². The van der Waals surface area contributed by atoms with Crippen molar-refractivity contribution in [2.24, 2.45) is 11.6 Å². The Kier molecular flexibility index (Phi) is 10.0. The summed E-state index contributed by atoms with van der Waals surface area (Å²) in [4.78, 5) is 27.3. The first-order valence-electron chi connectivity index (χ1n) is 10.5. The first-order valence-corrected chi connectivity index (χ1v) is 10.5. The fraction of sp³-hybridized carbons (Fsp3) is 0.800. The molecule has 0 aromatic carbocycles. The van der Waals surface area contributed by atoms with E-state index >= 15 is 0 Å². The van der Waals surface area contributed by atoms with E-state index in [1.54, 1.807) is 0 Å². The molecule has 168 valence electrons. The van der Waals surface area contributed by atoms with Crippen molar-refractivity contribution in [1.82, 2.24) is 10.4 Å². The lowest BCUT2D eigenvalue weighted by Gasteiger charge is -2.43. The summed E-state index contributed by atoms with van der Waals surface area (Å²) in [6.45, 7) is 8.72. The lowest BCUT2D eigenvalue weighted by atomic mass is 9.86. The Labute approximate surface area is 173 Å². The molecule has 0 bridgehead atoms. The number of nitrogens with one attached hydrogen (secondary N) is 1. The molecule has 0 radical (unpaired) electrons. The number of hydrogen-bond donors (Lipinski definition) is 4. The van der Waals surface area contributed by atoms with Crippen molar-refractivity contribution >= 4 is 12.1 Å². The normalized spacial score (nSPS) is 18.8. The number of nitrogens with two attached hydrogens (primary N) is 2. The van der Waals surface area contributed by atoms with E-state index < -0.39 is 29.2 Å². The molecule has 29 heavy (non-hydrogen) atoms. The number of amides is 1. The highest BCUT2D eigenvalue weighted by atomic mass is 16.7. The minimum absolute atomic E-state index is 0.138. The minimum atomic E-state index is -0.753. The van der Waals surface area contributed by atoms with Gasteiger partial charge in [-0.15, -0.1) is 0 Å². The fourth-order valence-electron chi connectivity index (χ4n) is 4.09. The number of nitrogens with zero attached hydrogens (tertiary/aromatic N) is 1. The van der Waals surface area contributed by atoms with Gasteiger partial charge < -0.3 is 25.8 Å². The average molecular weight is 415 g/mol. The zero-order valence-corrected chi connectivity index (χ0v) is 18.2. The Balaban J connectivity index is 2.53. The van der Waals surface area contributed by atoms with E-state index in [-0.39, 0.29) is 6.61 Å². The molecule has 0 aromatic rings. The third-order valence-corrected chi connectivity index (χ3v) is 6.25. The maximum Gasteiger partial charge on any atom is 0.407 e. The largest absolute Gasteiger partial charge is 0.445 e. The molecule has 9 nitrogen and oxygen atoms in total. The molecule has 0 aromatic heterocycles. The first-order chi connectivity index (χ1) is 13.8. The number of carbonyl (C=O) groups excluding carboxylic acids is 2. The summed E-state index contributed by atoms with van der Waals surface area (Å²) in [5.74, 6) is 4.14. The molecule has 0 unspecified atom stereocenters. The van der Waals surface area contributed by atoms with Crippen LogP contribution in [0.25, 0.3) is 0 Å². The van der Waals surface area contributed by atoms with Crippen LogP contribution < -0.4 is 16.9 Å². The topological polar surface area (TPSA) is 140 Å². The van der Waals surface area contributed by atoms with Gasteiger partial charge in [0.2, 0.25) is 0 Å². The number of carbonyl (C=O) groups is 2. The van der Waals surface area contributed by atoms with Gasteiger partial charge in [0.05, 0.1) is 11.1 Å². The predicted octanol–water partition coefficient (Wildman–Crippen LogP) is 2.38. The minimum Gasteiger partial charge on any atom is -0.445 e. The van der Waals surface area contributed by atoms with E-state index in [0.717, 1.165) is 31.3 Å². The lowest BCUT2D eigenvalue weighted by molar-refractivity contribution is -0.209. The Morgan fingerprint density at radius 2 is 1.79 bits per heavy atom. The van der Waals surface area contributed by atoms with Gasteiger partial charge in [0.15, 0.2) is 0 Å². The van der Waals surface area contributed by atoms with Crippen molar-refractivity contribution < 1.29 is 24.4 Å². The summed E-state index contributed by atoms with van der Waals surface area (Å²) in [6.07, 6.45) is 6.29. The maximum atomic E-state index is 12.1. The van der Waals surface area contributed by atoms with Crippen molar-refractivity contribution in [1.29, 1.82) is 0 Å². The molecule has 0 spiro atoms. The van der Waals surface area contributed by atoms with Crippen molar-refractivity contribution in [3.63, 3.8) is 0 Å². The van der Waals surface area contributed by atoms with Crippen LogP contribution in [0.3, 0.4) is 0 Å². The number of ether oxygens (including phenoxy) is 1. The Morgan fingerprint density at radius 1 is 1.17 bits per heavy atom. The van der Waals surface area contributed by atoms with E-state index in [1.165, 1.54) is 5.06 Å². The van der Waals surface area contributed by atoms with Gasteiger partial charge in [-0.2, -0.15) is 11.0 Å². The highest BCUT2D eigenvalue weighted by molar-refractivity contribution is 5.74. The van der Waals surface area contributed by atoms with Crippen molar-refractivity contribution in [3.05, 3.63) is 11.6 Å². The molecule has 1 atom stereocenters. The van der Waals surface area contributed by atoms with Crippen molar-refractivity contribution in [2.45, 2.75) is 89.8 Å². The SMILES string of the molecule is CCC1(CC)C=C(COC(=O)NCCCC[C@H](N)C(=O)ON)C(CC)(CC)N1O. The molecule has 0 aliphatic carbocycles. The third kappa shape index (κ3) is 5.69. The van der Waals surface area contributed by atoms with Crippen LogP contribution in [0.2, 0.25) is 0 Å². The molecule has 1 heterocycles. The predicted molar refractivity (Wildman–Crippen MR) is 110 cm³/mol. The van der Waals surface area contributed by atoms with E-state index in [2.05, 4.69) is 30.1 Å². The van der Waals surface area contributed by atoms with Crippen LogP contribution in [-0.4, -0.2) is 52.6 Å². The second-order valence-corrected chi connectivity index (χ2v) is 7.57. The third-order valence-electron chi connectivity index (χ3n) is 6.25. The Morgan fingerprint density at radius 3 is 2.31 bits per heavy atom. The number of rotatable bonds is 12. The maximum absolute atomic E-state index is 12.1. The number of alkyl carbamates (subject to hydrolysis) is 1. The quantitative estimate of drug-likeness (QED) is 0.217. The number of unbranched alkanes of at least 4 members (excludes halogenated alkanes) is 1. The smallest absolute Gasteiger partial charge is 0.407 e. The average Bonchev–Trinajstić information content (AvgIpc) is 2.99. The van der Waals surface area contributed by atoms with Crippen LogP contribution >= 0.6 is 0 Å². The standard InChI is InChI=1S/C20H38N4O5/c1-5-19(6-2)13-15(20(7-3,8-4)24(19)27)14-28-18(26)23-12-10-9-11-16(21)17(25)29-22/h13,16,27H,5-12,14,21-22H2,1-4H3,(H,23,26)/t16-/m0/s1. The molecule has 1 rings (SSSR count). The van der Waals surface area contributed by atoms with E-state index in [9.17, 15) is 14.8 Å². The van der Waals surface area contributed by atoms with E-state index in [4.69, 9.17) is 16.4 Å². The van der Waals surface area contributed by atoms with Gasteiger partial charge in [0.1, 0.15) is 12.6 Å². The summed E-state index contributed by atoms with van der Waals surface area (Å²) in [5.41, 5.74) is 5.60. The first kappa shape index (κ1) is 25.4. The van der Waals surface area contributed by atoms with Crippen molar-refractivity contribution in [2.75, 3.05) is 13.2 Å². The van der Waals surface area contributed by atoms with Gasteiger partial charge in [-0.3, -0.25) is 0 Å². The summed E-state index contributed by atoms with van der Waals surface area (Å²) in [5, 5.41) is 15.1. The van der Waals surface area contributed by atoms with Crippen molar-refractivity contribution in [3.8, 4) is 0 Å².